The quantitative estimate of drug-likeness (QED) is 0.763. The van der Waals surface area contributed by atoms with Crippen LogP contribution in [0.15, 0.2) is 4.52 Å². The minimum Gasteiger partial charge on any atom is -0.449 e. The normalized spacial score (nSPS) is 26.2. The highest BCUT2D eigenvalue weighted by Gasteiger charge is 2.34. The third-order valence-electron chi connectivity index (χ3n) is 5.71. The average molecular weight is 393 g/mol. The van der Waals surface area contributed by atoms with Gasteiger partial charge in [0.15, 0.2) is 5.82 Å². The van der Waals surface area contributed by atoms with Crippen molar-refractivity contribution in [2.45, 2.75) is 76.5 Å². The molecular formula is C20H32N4O4. The molecule has 1 amide bonds. The molecule has 1 aromatic rings. The summed E-state index contributed by atoms with van der Waals surface area (Å²) in [5.41, 5.74) is 0. The Hall–Kier alpha value is -1.67. The summed E-state index contributed by atoms with van der Waals surface area (Å²) in [4.78, 5) is 18.4. The van der Waals surface area contributed by atoms with Crippen molar-refractivity contribution in [3.8, 4) is 0 Å². The van der Waals surface area contributed by atoms with Gasteiger partial charge in [-0.05, 0) is 44.4 Å². The van der Waals surface area contributed by atoms with Gasteiger partial charge in [0.25, 0.3) is 5.89 Å². The first-order valence-corrected chi connectivity index (χ1v) is 10.7. The van der Waals surface area contributed by atoms with Gasteiger partial charge in [0.05, 0.1) is 12.7 Å². The van der Waals surface area contributed by atoms with Gasteiger partial charge in [-0.3, -0.25) is 0 Å². The Labute approximate surface area is 166 Å². The summed E-state index contributed by atoms with van der Waals surface area (Å²) in [7, 11) is 0. The zero-order valence-electron chi connectivity index (χ0n) is 16.9. The van der Waals surface area contributed by atoms with E-state index in [2.05, 4.69) is 15.5 Å². The molecule has 8 heteroatoms. The number of hydrogen-bond acceptors (Lipinski definition) is 7. The Morgan fingerprint density at radius 3 is 2.71 bits per heavy atom. The Morgan fingerprint density at radius 2 is 2.00 bits per heavy atom. The second-order valence-electron chi connectivity index (χ2n) is 8.73. The predicted molar refractivity (Wildman–Crippen MR) is 102 cm³/mol. The van der Waals surface area contributed by atoms with Crippen LogP contribution >= 0.6 is 0 Å². The Balaban J connectivity index is 1.14. The monoisotopic (exact) mass is 392 g/mol. The molecule has 2 atom stereocenters. The fourth-order valence-corrected chi connectivity index (χ4v) is 3.82. The van der Waals surface area contributed by atoms with Crippen LogP contribution in [0.25, 0.3) is 0 Å². The van der Waals surface area contributed by atoms with E-state index < -0.39 is 0 Å². The molecule has 0 aromatic carbocycles. The lowest BCUT2D eigenvalue weighted by molar-refractivity contribution is 0.0237. The van der Waals surface area contributed by atoms with Gasteiger partial charge >= 0.3 is 6.09 Å². The first kappa shape index (κ1) is 19.6. The molecular weight excluding hydrogens is 360 g/mol. The number of amides is 1. The summed E-state index contributed by atoms with van der Waals surface area (Å²) >= 11 is 0. The van der Waals surface area contributed by atoms with E-state index >= 15 is 0 Å². The number of nitrogens with zero attached hydrogens (tertiary/aromatic N) is 3. The van der Waals surface area contributed by atoms with Gasteiger partial charge in [-0.25, -0.2) is 4.79 Å². The summed E-state index contributed by atoms with van der Waals surface area (Å²) in [6.45, 7) is 6.89. The molecule has 3 heterocycles. The standard InChI is InChI=1S/C20H32N4O4/c1-13(2)12-26-20(25)24-9-7-15(8-10-24)21-11-16-5-6-17(27-16)19-22-18(23-28-19)14-3-4-14/h13-17,21H,3-12H2,1-2H3/t16-,17+/m1/s1. The number of carbonyl (C=O) groups is 1. The molecule has 8 nitrogen and oxygen atoms in total. The van der Waals surface area contributed by atoms with Crippen LogP contribution in [0.2, 0.25) is 0 Å². The number of nitrogens with one attached hydrogen (secondary N) is 1. The highest BCUT2D eigenvalue weighted by atomic mass is 16.6. The molecule has 2 aliphatic heterocycles. The molecule has 3 fully saturated rings. The molecule has 0 radical (unpaired) electrons. The lowest BCUT2D eigenvalue weighted by Gasteiger charge is -2.32. The van der Waals surface area contributed by atoms with Gasteiger partial charge in [0, 0.05) is 31.6 Å². The summed E-state index contributed by atoms with van der Waals surface area (Å²) in [5, 5.41) is 7.70. The predicted octanol–water partition coefficient (Wildman–Crippen LogP) is 3.01. The first-order valence-electron chi connectivity index (χ1n) is 10.7. The van der Waals surface area contributed by atoms with Crippen molar-refractivity contribution in [1.29, 1.82) is 0 Å². The molecule has 156 valence electrons. The molecule has 3 aliphatic rings. The zero-order chi connectivity index (χ0) is 19.5. The minimum atomic E-state index is -0.181. The molecule has 0 spiro atoms. The molecule has 1 N–H and O–H groups in total. The maximum absolute atomic E-state index is 12.0. The van der Waals surface area contributed by atoms with Crippen LogP contribution < -0.4 is 5.32 Å². The second-order valence-corrected chi connectivity index (χ2v) is 8.73. The van der Waals surface area contributed by atoms with Gasteiger partial charge in [0.1, 0.15) is 6.10 Å². The topological polar surface area (TPSA) is 89.7 Å². The van der Waals surface area contributed by atoms with Crippen molar-refractivity contribution >= 4 is 6.09 Å². The van der Waals surface area contributed by atoms with Gasteiger partial charge in [-0.1, -0.05) is 19.0 Å². The summed E-state index contributed by atoms with van der Waals surface area (Å²) in [6, 6.07) is 0.418. The summed E-state index contributed by atoms with van der Waals surface area (Å²) < 4.78 is 16.8. The van der Waals surface area contributed by atoms with Crippen LogP contribution in [0.5, 0.6) is 0 Å². The van der Waals surface area contributed by atoms with Crippen molar-refractivity contribution in [2.24, 2.45) is 5.92 Å². The largest absolute Gasteiger partial charge is 0.449 e. The lowest BCUT2D eigenvalue weighted by atomic mass is 10.0. The summed E-state index contributed by atoms with van der Waals surface area (Å²) in [5.74, 6) is 2.35. The number of ether oxygens (including phenoxy) is 2. The van der Waals surface area contributed by atoms with Gasteiger partial charge < -0.3 is 24.2 Å². The molecule has 0 bridgehead atoms. The Morgan fingerprint density at radius 1 is 1.21 bits per heavy atom. The summed E-state index contributed by atoms with van der Waals surface area (Å²) in [6.07, 6.45) is 6.09. The molecule has 0 unspecified atom stereocenters. The van der Waals surface area contributed by atoms with Crippen LogP contribution in [-0.4, -0.2) is 59.5 Å². The van der Waals surface area contributed by atoms with E-state index in [1.54, 1.807) is 0 Å². The number of piperidine rings is 1. The van der Waals surface area contributed by atoms with Crippen LogP contribution in [-0.2, 0) is 9.47 Å². The number of rotatable bonds is 7. The van der Waals surface area contributed by atoms with Crippen molar-refractivity contribution in [2.75, 3.05) is 26.2 Å². The fourth-order valence-electron chi connectivity index (χ4n) is 3.82. The van der Waals surface area contributed by atoms with E-state index in [9.17, 15) is 4.79 Å². The van der Waals surface area contributed by atoms with E-state index in [1.807, 2.05) is 18.7 Å². The third kappa shape index (κ3) is 5.03. The van der Waals surface area contributed by atoms with E-state index in [-0.39, 0.29) is 18.3 Å². The average Bonchev–Trinajstić information content (AvgIpc) is 3.24. The van der Waals surface area contributed by atoms with Crippen molar-refractivity contribution < 1.29 is 18.8 Å². The Kier molecular flexibility index (Phi) is 6.16. The van der Waals surface area contributed by atoms with Gasteiger partial charge in [-0.2, -0.15) is 4.98 Å². The first-order chi connectivity index (χ1) is 13.6. The third-order valence-corrected chi connectivity index (χ3v) is 5.71. The van der Waals surface area contributed by atoms with Gasteiger partial charge in [0.2, 0.25) is 0 Å². The molecule has 1 aliphatic carbocycles. The SMILES string of the molecule is CC(C)COC(=O)N1CCC(NC[C@H]2CC[C@@H](c3nc(C4CC4)no3)O2)CC1. The van der Waals surface area contributed by atoms with E-state index in [4.69, 9.17) is 14.0 Å². The molecule has 2 saturated heterocycles. The Bertz CT molecular complexity index is 652. The van der Waals surface area contributed by atoms with Crippen LogP contribution in [0.4, 0.5) is 4.79 Å². The number of carbonyl (C=O) groups excluding carboxylic acids is 1. The van der Waals surface area contributed by atoms with Crippen molar-refractivity contribution in [3.05, 3.63) is 11.7 Å². The fraction of sp³-hybridized carbons (Fsp3) is 0.850. The van der Waals surface area contributed by atoms with Crippen LogP contribution in [0.3, 0.4) is 0 Å². The van der Waals surface area contributed by atoms with E-state index in [0.29, 0.717) is 30.4 Å². The number of aromatic nitrogens is 2. The number of hydrogen-bond donors (Lipinski definition) is 1. The van der Waals surface area contributed by atoms with Crippen molar-refractivity contribution in [3.63, 3.8) is 0 Å². The highest BCUT2D eigenvalue weighted by Crippen LogP contribution is 2.39. The van der Waals surface area contributed by atoms with Crippen LogP contribution in [0, 0.1) is 5.92 Å². The lowest BCUT2D eigenvalue weighted by Crippen LogP contribution is -2.46. The maximum Gasteiger partial charge on any atom is 0.409 e. The van der Waals surface area contributed by atoms with E-state index in [1.165, 1.54) is 12.8 Å². The smallest absolute Gasteiger partial charge is 0.409 e. The molecule has 28 heavy (non-hydrogen) atoms. The molecule has 1 aromatic heterocycles. The van der Waals surface area contributed by atoms with Crippen molar-refractivity contribution in [1.82, 2.24) is 20.4 Å². The zero-order valence-corrected chi connectivity index (χ0v) is 16.9. The second kappa shape index (κ2) is 8.78. The maximum atomic E-state index is 12.0. The molecule has 4 rings (SSSR count). The van der Waals surface area contributed by atoms with Gasteiger partial charge in [-0.15, -0.1) is 0 Å². The van der Waals surface area contributed by atoms with Crippen LogP contribution in [0.1, 0.15) is 76.1 Å². The van der Waals surface area contributed by atoms with E-state index in [0.717, 1.165) is 51.1 Å². The highest BCUT2D eigenvalue weighted by molar-refractivity contribution is 5.67. The molecule has 1 saturated carbocycles. The number of likely N-dealkylation sites (tertiary alicyclic amines) is 1. The minimum absolute atomic E-state index is 0.0654.